The Morgan fingerprint density at radius 2 is 1.86 bits per heavy atom. The molecule has 0 saturated carbocycles. The van der Waals surface area contributed by atoms with Crippen molar-refractivity contribution in [3.05, 3.63) is 53.1 Å². The monoisotopic (exact) mass is 283 g/mol. The van der Waals surface area contributed by atoms with Gasteiger partial charge in [0, 0.05) is 19.5 Å². The Hall–Kier alpha value is -2.16. The van der Waals surface area contributed by atoms with E-state index in [4.69, 9.17) is 4.74 Å². The molecule has 1 aliphatic heterocycles. The molecule has 0 radical (unpaired) electrons. The number of anilines is 1. The van der Waals surface area contributed by atoms with Crippen LogP contribution in [0.25, 0.3) is 0 Å². The molecule has 110 valence electrons. The molecule has 2 aromatic carbocycles. The van der Waals surface area contributed by atoms with E-state index in [0.29, 0.717) is 0 Å². The molecule has 21 heavy (non-hydrogen) atoms. The van der Waals surface area contributed by atoms with E-state index in [1.807, 2.05) is 13.1 Å². The van der Waals surface area contributed by atoms with Crippen molar-refractivity contribution in [2.24, 2.45) is 0 Å². The first-order chi connectivity index (χ1) is 10.0. The van der Waals surface area contributed by atoms with Crippen LogP contribution in [0.5, 0.6) is 11.5 Å². The third kappa shape index (κ3) is 2.97. The first-order valence-electron chi connectivity index (χ1n) is 7.29. The number of phenolic OH excluding ortho intramolecular Hbond substituents is 1. The molecule has 0 amide bonds. The average Bonchev–Trinajstić information content (AvgIpc) is 2.38. The summed E-state index contributed by atoms with van der Waals surface area (Å²) in [4.78, 5) is 2.14. The molecule has 2 aromatic rings. The van der Waals surface area contributed by atoms with Crippen LogP contribution < -0.4 is 9.64 Å². The summed E-state index contributed by atoms with van der Waals surface area (Å²) in [7, 11) is 2.04. The van der Waals surface area contributed by atoms with Crippen LogP contribution in [0.1, 0.15) is 16.7 Å². The van der Waals surface area contributed by atoms with E-state index in [-0.39, 0.29) is 11.9 Å². The van der Waals surface area contributed by atoms with E-state index >= 15 is 0 Å². The van der Waals surface area contributed by atoms with Crippen LogP contribution in [0.15, 0.2) is 36.4 Å². The molecular formula is C18H21NO2. The van der Waals surface area contributed by atoms with E-state index in [1.165, 1.54) is 16.7 Å². The first-order valence-corrected chi connectivity index (χ1v) is 7.29. The SMILES string of the molecule is Cc1cc(C)cc(CC2CN(C)c3cc(O)ccc3O2)c1. The highest BCUT2D eigenvalue weighted by atomic mass is 16.5. The van der Waals surface area contributed by atoms with E-state index in [1.54, 1.807) is 12.1 Å². The number of rotatable bonds is 2. The molecule has 0 bridgehead atoms. The average molecular weight is 283 g/mol. The van der Waals surface area contributed by atoms with Crippen LogP contribution in [0, 0.1) is 13.8 Å². The lowest BCUT2D eigenvalue weighted by atomic mass is 10.0. The van der Waals surface area contributed by atoms with E-state index < -0.39 is 0 Å². The molecule has 1 N–H and O–H groups in total. The lowest BCUT2D eigenvalue weighted by Gasteiger charge is -2.34. The maximum absolute atomic E-state index is 9.59. The summed E-state index contributed by atoms with van der Waals surface area (Å²) in [6.45, 7) is 5.08. The van der Waals surface area contributed by atoms with Gasteiger partial charge in [-0.1, -0.05) is 29.3 Å². The zero-order valence-electron chi connectivity index (χ0n) is 12.8. The minimum atomic E-state index is 0.133. The number of hydrogen-bond acceptors (Lipinski definition) is 3. The summed E-state index contributed by atoms with van der Waals surface area (Å²) in [5.41, 5.74) is 4.85. The Bertz CT molecular complexity index is 646. The van der Waals surface area contributed by atoms with Crippen LogP contribution >= 0.6 is 0 Å². The molecule has 0 spiro atoms. The molecule has 0 aromatic heterocycles. The lowest BCUT2D eigenvalue weighted by Crippen LogP contribution is -2.38. The number of fused-ring (bicyclic) bond motifs is 1. The van der Waals surface area contributed by atoms with Crippen molar-refractivity contribution in [3.8, 4) is 11.5 Å². The fourth-order valence-electron chi connectivity index (χ4n) is 3.08. The number of hydrogen-bond donors (Lipinski definition) is 1. The molecule has 3 rings (SSSR count). The van der Waals surface area contributed by atoms with Crippen LogP contribution in [0.2, 0.25) is 0 Å². The Morgan fingerprint density at radius 1 is 1.14 bits per heavy atom. The molecule has 1 atom stereocenters. The molecule has 0 saturated heterocycles. The van der Waals surface area contributed by atoms with Crippen molar-refractivity contribution in [2.45, 2.75) is 26.4 Å². The first kappa shape index (κ1) is 13.8. The summed E-state index contributed by atoms with van der Waals surface area (Å²) in [5.74, 6) is 1.12. The minimum absolute atomic E-state index is 0.133. The molecule has 1 heterocycles. The second-order valence-electron chi connectivity index (χ2n) is 5.97. The number of nitrogens with zero attached hydrogens (tertiary/aromatic N) is 1. The molecule has 3 nitrogen and oxygen atoms in total. The van der Waals surface area contributed by atoms with Gasteiger partial charge < -0.3 is 14.7 Å². The number of likely N-dealkylation sites (N-methyl/N-ethyl adjacent to an activating group) is 1. The number of benzene rings is 2. The second kappa shape index (κ2) is 5.32. The zero-order chi connectivity index (χ0) is 15.0. The smallest absolute Gasteiger partial charge is 0.143 e. The fourth-order valence-corrected chi connectivity index (χ4v) is 3.08. The topological polar surface area (TPSA) is 32.7 Å². The Kier molecular flexibility index (Phi) is 3.50. The molecular weight excluding hydrogens is 262 g/mol. The van der Waals surface area contributed by atoms with E-state index in [9.17, 15) is 5.11 Å². The number of phenols is 1. The summed E-state index contributed by atoms with van der Waals surface area (Å²) in [6, 6.07) is 11.9. The highest BCUT2D eigenvalue weighted by Gasteiger charge is 2.24. The zero-order valence-corrected chi connectivity index (χ0v) is 12.8. The van der Waals surface area contributed by atoms with Crippen molar-refractivity contribution in [1.29, 1.82) is 0 Å². The minimum Gasteiger partial charge on any atom is -0.508 e. The van der Waals surface area contributed by atoms with Crippen LogP contribution in [-0.4, -0.2) is 24.8 Å². The molecule has 0 fully saturated rings. The predicted octanol–water partition coefficient (Wildman–Crippen LogP) is 3.45. The second-order valence-corrected chi connectivity index (χ2v) is 5.97. The van der Waals surface area contributed by atoms with Crippen molar-refractivity contribution in [1.82, 2.24) is 0 Å². The Labute approximate surface area is 125 Å². The molecule has 0 aliphatic carbocycles. The van der Waals surface area contributed by atoms with Gasteiger partial charge in [0.05, 0.1) is 12.2 Å². The Balaban J connectivity index is 1.81. The maximum Gasteiger partial charge on any atom is 0.143 e. The van der Waals surface area contributed by atoms with Gasteiger partial charge in [0.15, 0.2) is 0 Å². The molecule has 1 unspecified atom stereocenters. The van der Waals surface area contributed by atoms with Crippen LogP contribution in [-0.2, 0) is 6.42 Å². The molecule has 1 aliphatic rings. The van der Waals surface area contributed by atoms with Gasteiger partial charge in [-0.3, -0.25) is 0 Å². The number of ether oxygens (including phenoxy) is 1. The number of aryl methyl sites for hydroxylation is 2. The van der Waals surface area contributed by atoms with E-state index in [0.717, 1.165) is 24.4 Å². The van der Waals surface area contributed by atoms with Gasteiger partial charge in [-0.05, 0) is 31.5 Å². The quantitative estimate of drug-likeness (QED) is 0.916. The van der Waals surface area contributed by atoms with Crippen LogP contribution in [0.3, 0.4) is 0 Å². The fraction of sp³-hybridized carbons (Fsp3) is 0.333. The summed E-state index contributed by atoms with van der Waals surface area (Å²) < 4.78 is 6.09. The molecule has 3 heteroatoms. The largest absolute Gasteiger partial charge is 0.508 e. The van der Waals surface area contributed by atoms with Gasteiger partial charge >= 0.3 is 0 Å². The lowest BCUT2D eigenvalue weighted by molar-refractivity contribution is 0.196. The van der Waals surface area contributed by atoms with Gasteiger partial charge in [0.25, 0.3) is 0 Å². The predicted molar refractivity (Wildman–Crippen MR) is 85.4 cm³/mol. The standard InChI is InChI=1S/C18H21NO2/c1-12-6-13(2)8-14(7-12)9-16-11-19(3)17-10-15(20)4-5-18(17)21-16/h4-8,10,16,20H,9,11H2,1-3H3. The van der Waals surface area contributed by atoms with Gasteiger partial charge in [-0.2, -0.15) is 0 Å². The highest BCUT2D eigenvalue weighted by molar-refractivity contribution is 5.62. The van der Waals surface area contributed by atoms with Gasteiger partial charge in [0.1, 0.15) is 17.6 Å². The summed E-state index contributed by atoms with van der Waals surface area (Å²) in [5, 5.41) is 9.59. The van der Waals surface area contributed by atoms with Crippen molar-refractivity contribution in [2.75, 3.05) is 18.5 Å². The number of aromatic hydroxyl groups is 1. The van der Waals surface area contributed by atoms with Crippen molar-refractivity contribution in [3.63, 3.8) is 0 Å². The van der Waals surface area contributed by atoms with Gasteiger partial charge in [0.2, 0.25) is 0 Å². The summed E-state index contributed by atoms with van der Waals surface area (Å²) >= 11 is 0. The Morgan fingerprint density at radius 3 is 2.57 bits per heavy atom. The summed E-state index contributed by atoms with van der Waals surface area (Å²) in [6.07, 6.45) is 1.03. The third-order valence-electron chi connectivity index (χ3n) is 3.87. The maximum atomic E-state index is 9.59. The normalized spacial score (nSPS) is 17.3. The van der Waals surface area contributed by atoms with E-state index in [2.05, 4.69) is 36.9 Å². The van der Waals surface area contributed by atoms with Crippen LogP contribution in [0.4, 0.5) is 5.69 Å². The van der Waals surface area contributed by atoms with Gasteiger partial charge in [-0.15, -0.1) is 0 Å². The third-order valence-corrected chi connectivity index (χ3v) is 3.87. The highest BCUT2D eigenvalue weighted by Crippen LogP contribution is 2.35. The van der Waals surface area contributed by atoms with Gasteiger partial charge in [-0.25, -0.2) is 0 Å². The van der Waals surface area contributed by atoms with Crippen molar-refractivity contribution >= 4 is 5.69 Å². The van der Waals surface area contributed by atoms with Crippen molar-refractivity contribution < 1.29 is 9.84 Å².